The van der Waals surface area contributed by atoms with Crippen LogP contribution < -0.4 is 0 Å². The van der Waals surface area contributed by atoms with E-state index in [0.717, 1.165) is 0 Å². The average Bonchev–Trinajstić information content (AvgIpc) is 1.94. The van der Waals surface area contributed by atoms with Gasteiger partial charge in [0.05, 0.1) is 3.57 Å². The minimum atomic E-state index is -0.511. The Balaban J connectivity index is 3.15. The molecule has 58 valence electrons. The Kier molecular flexibility index (Phi) is 2.72. The number of hydrogen-bond donors (Lipinski definition) is 1. The summed E-state index contributed by atoms with van der Waals surface area (Å²) in [6.07, 6.45) is 0. The quantitative estimate of drug-likeness (QED) is 0.634. The SMILES string of the molecule is O=C(Cl)c1ccc(O)c(I)c1. The van der Waals surface area contributed by atoms with Gasteiger partial charge in [0.2, 0.25) is 0 Å². The Bertz CT molecular complexity index is 298. The lowest BCUT2D eigenvalue weighted by molar-refractivity contribution is 0.108. The number of phenols is 1. The number of carbonyl (C=O) groups is 1. The number of benzene rings is 1. The normalized spacial score (nSPS) is 9.64. The van der Waals surface area contributed by atoms with E-state index in [1.807, 2.05) is 22.6 Å². The summed E-state index contributed by atoms with van der Waals surface area (Å²) in [6, 6.07) is 4.45. The van der Waals surface area contributed by atoms with Gasteiger partial charge in [-0.1, -0.05) is 0 Å². The zero-order chi connectivity index (χ0) is 8.43. The van der Waals surface area contributed by atoms with E-state index < -0.39 is 5.24 Å². The van der Waals surface area contributed by atoms with Crippen molar-refractivity contribution in [3.63, 3.8) is 0 Å². The van der Waals surface area contributed by atoms with Crippen LogP contribution in [-0.2, 0) is 0 Å². The fourth-order valence-electron chi connectivity index (χ4n) is 0.629. The second-order valence-electron chi connectivity index (χ2n) is 1.94. The number of carbonyl (C=O) groups excluding carboxylic acids is 1. The zero-order valence-electron chi connectivity index (χ0n) is 5.34. The largest absolute Gasteiger partial charge is 0.507 e. The highest BCUT2D eigenvalue weighted by Crippen LogP contribution is 2.20. The molecular weight excluding hydrogens is 278 g/mol. The number of rotatable bonds is 1. The third kappa shape index (κ3) is 2.07. The first kappa shape index (κ1) is 8.80. The third-order valence-electron chi connectivity index (χ3n) is 1.17. The topological polar surface area (TPSA) is 37.3 Å². The van der Waals surface area contributed by atoms with E-state index in [9.17, 15) is 4.79 Å². The van der Waals surface area contributed by atoms with Crippen LogP contribution in [0.4, 0.5) is 0 Å². The molecule has 1 aromatic rings. The first-order chi connectivity index (χ1) is 5.11. The van der Waals surface area contributed by atoms with Gasteiger partial charge in [-0.05, 0) is 52.4 Å². The van der Waals surface area contributed by atoms with Crippen molar-refractivity contribution in [2.45, 2.75) is 0 Å². The number of hydrogen-bond acceptors (Lipinski definition) is 2. The maximum atomic E-state index is 10.6. The van der Waals surface area contributed by atoms with Gasteiger partial charge in [-0.2, -0.15) is 0 Å². The van der Waals surface area contributed by atoms with Crippen LogP contribution in [0, 0.1) is 3.57 Å². The molecule has 0 saturated carbocycles. The molecule has 0 aliphatic rings. The lowest BCUT2D eigenvalue weighted by Gasteiger charge is -1.97. The molecular formula is C7H4ClIO2. The van der Waals surface area contributed by atoms with Crippen molar-refractivity contribution in [1.82, 2.24) is 0 Å². The molecule has 0 bridgehead atoms. The Morgan fingerprint density at radius 3 is 2.64 bits per heavy atom. The van der Waals surface area contributed by atoms with Gasteiger partial charge in [-0.3, -0.25) is 4.79 Å². The standard InChI is InChI=1S/C7H4ClIO2/c8-7(11)4-1-2-6(10)5(9)3-4/h1-3,10H. The summed E-state index contributed by atoms with van der Waals surface area (Å²) in [5.74, 6) is 0.160. The van der Waals surface area contributed by atoms with Crippen molar-refractivity contribution < 1.29 is 9.90 Å². The smallest absolute Gasteiger partial charge is 0.252 e. The predicted octanol–water partition coefficient (Wildman–Crippen LogP) is 2.38. The molecule has 1 rings (SSSR count). The maximum Gasteiger partial charge on any atom is 0.252 e. The number of halogens is 2. The molecule has 0 saturated heterocycles. The molecule has 0 radical (unpaired) electrons. The Morgan fingerprint density at radius 1 is 1.55 bits per heavy atom. The fraction of sp³-hybridized carbons (Fsp3) is 0. The van der Waals surface area contributed by atoms with Gasteiger partial charge in [-0.25, -0.2) is 0 Å². The molecule has 0 amide bonds. The summed E-state index contributed by atoms with van der Waals surface area (Å²) < 4.78 is 0.620. The first-order valence-electron chi connectivity index (χ1n) is 2.79. The fourth-order valence-corrected chi connectivity index (χ4v) is 1.26. The molecule has 4 heteroatoms. The molecule has 0 spiro atoms. The second kappa shape index (κ2) is 3.40. The molecule has 0 aliphatic carbocycles. The van der Waals surface area contributed by atoms with Crippen LogP contribution in [0.3, 0.4) is 0 Å². The van der Waals surface area contributed by atoms with Gasteiger partial charge in [-0.15, -0.1) is 0 Å². The van der Waals surface area contributed by atoms with E-state index in [4.69, 9.17) is 16.7 Å². The zero-order valence-corrected chi connectivity index (χ0v) is 8.26. The Labute approximate surface area is 82.3 Å². The minimum Gasteiger partial charge on any atom is -0.507 e. The first-order valence-corrected chi connectivity index (χ1v) is 4.25. The van der Waals surface area contributed by atoms with Gasteiger partial charge >= 0.3 is 0 Å². The van der Waals surface area contributed by atoms with Crippen LogP contribution in [0.1, 0.15) is 10.4 Å². The Morgan fingerprint density at radius 2 is 2.18 bits per heavy atom. The summed E-state index contributed by atoms with van der Waals surface area (Å²) in [7, 11) is 0. The van der Waals surface area contributed by atoms with Crippen LogP contribution in [0.15, 0.2) is 18.2 Å². The molecule has 11 heavy (non-hydrogen) atoms. The van der Waals surface area contributed by atoms with Gasteiger partial charge in [0, 0.05) is 5.56 Å². The van der Waals surface area contributed by atoms with Crippen molar-refractivity contribution >= 4 is 39.4 Å². The summed E-state index contributed by atoms with van der Waals surface area (Å²) in [4.78, 5) is 10.6. The minimum absolute atomic E-state index is 0.160. The molecule has 1 N–H and O–H groups in total. The van der Waals surface area contributed by atoms with E-state index >= 15 is 0 Å². The average molecular weight is 282 g/mol. The number of aromatic hydroxyl groups is 1. The lowest BCUT2D eigenvalue weighted by atomic mass is 10.2. The summed E-state index contributed by atoms with van der Waals surface area (Å²) in [5.41, 5.74) is 0.397. The summed E-state index contributed by atoms with van der Waals surface area (Å²) in [6.45, 7) is 0. The van der Waals surface area contributed by atoms with Crippen LogP contribution in [0.2, 0.25) is 0 Å². The van der Waals surface area contributed by atoms with E-state index in [1.165, 1.54) is 18.2 Å². The third-order valence-corrected chi connectivity index (χ3v) is 2.26. The summed E-state index contributed by atoms with van der Waals surface area (Å²) >= 11 is 7.13. The highest BCUT2D eigenvalue weighted by molar-refractivity contribution is 14.1. The van der Waals surface area contributed by atoms with E-state index in [1.54, 1.807) is 0 Å². The van der Waals surface area contributed by atoms with Crippen LogP contribution in [0.5, 0.6) is 5.75 Å². The maximum absolute atomic E-state index is 10.6. The molecule has 0 unspecified atom stereocenters. The van der Waals surface area contributed by atoms with Crippen molar-refractivity contribution in [3.05, 3.63) is 27.3 Å². The van der Waals surface area contributed by atoms with Crippen LogP contribution in [-0.4, -0.2) is 10.3 Å². The molecule has 0 fully saturated rings. The lowest BCUT2D eigenvalue weighted by Crippen LogP contribution is -1.88. The number of phenolic OH excluding ortho intramolecular Hbond substituents is 1. The van der Waals surface area contributed by atoms with Gasteiger partial charge in [0.1, 0.15) is 5.75 Å². The van der Waals surface area contributed by atoms with Crippen molar-refractivity contribution in [2.75, 3.05) is 0 Å². The monoisotopic (exact) mass is 282 g/mol. The van der Waals surface area contributed by atoms with Crippen molar-refractivity contribution in [1.29, 1.82) is 0 Å². The molecule has 1 aromatic carbocycles. The van der Waals surface area contributed by atoms with Crippen LogP contribution >= 0.6 is 34.2 Å². The van der Waals surface area contributed by atoms with Gasteiger partial charge in [0.25, 0.3) is 5.24 Å². The predicted molar refractivity (Wildman–Crippen MR) is 51.0 cm³/mol. The Hall–Kier alpha value is -0.290. The van der Waals surface area contributed by atoms with Gasteiger partial charge < -0.3 is 5.11 Å². The van der Waals surface area contributed by atoms with E-state index in [0.29, 0.717) is 9.13 Å². The molecule has 0 heterocycles. The van der Waals surface area contributed by atoms with Crippen LogP contribution in [0.25, 0.3) is 0 Å². The van der Waals surface area contributed by atoms with Gasteiger partial charge in [0.15, 0.2) is 0 Å². The summed E-state index contributed by atoms with van der Waals surface area (Å²) in [5, 5.41) is 8.55. The molecule has 2 nitrogen and oxygen atoms in total. The van der Waals surface area contributed by atoms with Crippen molar-refractivity contribution in [3.8, 4) is 5.75 Å². The molecule has 0 atom stereocenters. The molecule has 0 aromatic heterocycles. The molecule has 0 aliphatic heterocycles. The van der Waals surface area contributed by atoms with E-state index in [2.05, 4.69) is 0 Å². The highest BCUT2D eigenvalue weighted by Gasteiger charge is 2.03. The van der Waals surface area contributed by atoms with E-state index in [-0.39, 0.29) is 5.75 Å². The second-order valence-corrected chi connectivity index (χ2v) is 3.45. The van der Waals surface area contributed by atoms with Crippen molar-refractivity contribution in [2.24, 2.45) is 0 Å². The highest BCUT2D eigenvalue weighted by atomic mass is 127.